The van der Waals surface area contributed by atoms with Gasteiger partial charge in [-0.1, -0.05) is 45.0 Å². The molecule has 0 aromatic heterocycles. The second-order valence-corrected chi connectivity index (χ2v) is 6.71. The first-order valence-corrected chi connectivity index (χ1v) is 6.65. The third-order valence-electron chi connectivity index (χ3n) is 4.11. The highest BCUT2D eigenvalue weighted by atomic mass is 17.2. The van der Waals surface area contributed by atoms with Gasteiger partial charge < -0.3 is 5.11 Å². The number of aliphatic hydroxyl groups excluding tert-OH is 1. The van der Waals surface area contributed by atoms with Crippen LogP contribution < -0.4 is 0 Å². The summed E-state index contributed by atoms with van der Waals surface area (Å²) in [6, 6.07) is 8.00. The molecule has 0 fully saturated rings. The average Bonchev–Trinajstić information content (AvgIpc) is 2.38. The molecule has 3 heteroatoms. The molecule has 1 aromatic rings. The fourth-order valence-corrected chi connectivity index (χ4v) is 2.95. The predicted octanol–water partition coefficient (Wildman–Crippen LogP) is 3.04. The van der Waals surface area contributed by atoms with E-state index in [9.17, 15) is 5.11 Å². The maximum atomic E-state index is 10.8. The first kappa shape index (κ1) is 12.9. The highest BCUT2D eigenvalue weighted by Crippen LogP contribution is 2.52. The Balaban J connectivity index is 2.21. The van der Waals surface area contributed by atoms with E-state index < -0.39 is 17.3 Å². The van der Waals surface area contributed by atoms with Gasteiger partial charge in [0.15, 0.2) is 5.60 Å². The Bertz CT molecular complexity index is 543. The largest absolute Gasteiger partial charge is 0.389 e. The molecule has 1 aliphatic carbocycles. The van der Waals surface area contributed by atoms with E-state index in [2.05, 4.69) is 0 Å². The summed E-state index contributed by atoms with van der Waals surface area (Å²) in [5.41, 5.74) is 0.273. The van der Waals surface area contributed by atoms with Crippen LogP contribution in [0.15, 0.2) is 36.4 Å². The molecule has 102 valence electrons. The summed E-state index contributed by atoms with van der Waals surface area (Å²) in [6.07, 6.45) is 3.23. The first-order valence-electron chi connectivity index (χ1n) is 6.65. The van der Waals surface area contributed by atoms with Crippen molar-refractivity contribution in [1.82, 2.24) is 0 Å². The van der Waals surface area contributed by atoms with Gasteiger partial charge in [0, 0.05) is 5.56 Å². The number of aliphatic hydroxyl groups is 1. The summed E-state index contributed by atoms with van der Waals surface area (Å²) in [4.78, 5) is 11.2. The maximum absolute atomic E-state index is 10.8. The molecule has 0 spiro atoms. The Morgan fingerprint density at radius 1 is 1.05 bits per heavy atom. The van der Waals surface area contributed by atoms with Gasteiger partial charge in [0.25, 0.3) is 0 Å². The molecule has 0 saturated heterocycles. The molecule has 3 atom stereocenters. The summed E-state index contributed by atoms with van der Waals surface area (Å²) in [6.45, 7) is 7.95. The molecule has 2 bridgehead atoms. The molecule has 0 saturated carbocycles. The minimum Gasteiger partial charge on any atom is -0.389 e. The Kier molecular flexibility index (Phi) is 2.50. The Morgan fingerprint density at radius 2 is 1.68 bits per heavy atom. The third kappa shape index (κ3) is 1.62. The Morgan fingerprint density at radius 3 is 2.21 bits per heavy atom. The van der Waals surface area contributed by atoms with Gasteiger partial charge in [-0.15, -0.1) is 0 Å². The highest BCUT2D eigenvalue weighted by Gasteiger charge is 2.56. The van der Waals surface area contributed by atoms with Gasteiger partial charge in [0.2, 0.25) is 0 Å². The van der Waals surface area contributed by atoms with E-state index in [-0.39, 0.29) is 5.41 Å². The van der Waals surface area contributed by atoms with Gasteiger partial charge in [-0.05, 0) is 30.1 Å². The molecule has 2 heterocycles. The zero-order chi connectivity index (χ0) is 13.9. The molecule has 2 aliphatic heterocycles. The number of fused-ring (bicyclic) bond motifs is 1. The normalized spacial score (nSPS) is 34.2. The van der Waals surface area contributed by atoms with Crippen LogP contribution in [0.4, 0.5) is 0 Å². The van der Waals surface area contributed by atoms with Crippen LogP contribution in [-0.4, -0.2) is 11.2 Å². The van der Waals surface area contributed by atoms with Crippen LogP contribution in [0.3, 0.4) is 0 Å². The van der Waals surface area contributed by atoms with Crippen molar-refractivity contribution in [1.29, 1.82) is 0 Å². The van der Waals surface area contributed by atoms with Crippen LogP contribution >= 0.6 is 0 Å². The Hall–Kier alpha value is -1.16. The van der Waals surface area contributed by atoms with Gasteiger partial charge >= 0.3 is 0 Å². The second kappa shape index (κ2) is 3.69. The van der Waals surface area contributed by atoms with Crippen molar-refractivity contribution >= 4 is 0 Å². The summed E-state index contributed by atoms with van der Waals surface area (Å²) < 4.78 is 0. The lowest BCUT2D eigenvalue weighted by molar-refractivity contribution is -0.436. The lowest BCUT2D eigenvalue weighted by atomic mass is 9.68. The van der Waals surface area contributed by atoms with Crippen LogP contribution in [0.2, 0.25) is 0 Å². The molecule has 0 amide bonds. The van der Waals surface area contributed by atoms with Crippen LogP contribution in [0.1, 0.15) is 38.8 Å². The molecule has 4 rings (SSSR count). The zero-order valence-corrected chi connectivity index (χ0v) is 11.8. The maximum Gasteiger partial charge on any atom is 0.173 e. The predicted molar refractivity (Wildman–Crippen MR) is 72.2 cm³/mol. The van der Waals surface area contributed by atoms with Crippen LogP contribution in [0, 0.1) is 5.41 Å². The SMILES string of the molecule is CC(C)(C)[C@H](O)[C@@]12C=C[C@@](C)(OO1)c1ccccc12. The van der Waals surface area contributed by atoms with Gasteiger partial charge in [-0.3, -0.25) is 0 Å². The van der Waals surface area contributed by atoms with Crippen LogP contribution in [0.25, 0.3) is 0 Å². The summed E-state index contributed by atoms with van der Waals surface area (Å²) in [7, 11) is 0. The van der Waals surface area contributed by atoms with Crippen LogP contribution in [-0.2, 0) is 21.0 Å². The van der Waals surface area contributed by atoms with Crippen molar-refractivity contribution in [2.24, 2.45) is 5.41 Å². The van der Waals surface area contributed by atoms with E-state index in [0.29, 0.717) is 0 Å². The molecule has 0 unspecified atom stereocenters. The van der Waals surface area contributed by atoms with E-state index >= 15 is 0 Å². The molecule has 1 N–H and O–H groups in total. The van der Waals surface area contributed by atoms with Crippen molar-refractivity contribution in [3.05, 3.63) is 47.5 Å². The molecular weight excluding hydrogens is 240 g/mol. The second-order valence-electron chi connectivity index (χ2n) is 6.71. The molecule has 0 radical (unpaired) electrons. The van der Waals surface area contributed by atoms with Gasteiger partial charge in [0.1, 0.15) is 5.60 Å². The summed E-state index contributed by atoms with van der Waals surface area (Å²) in [5, 5.41) is 10.8. The van der Waals surface area contributed by atoms with E-state index in [1.165, 1.54) is 0 Å². The molecule has 3 aliphatic rings. The first-order chi connectivity index (χ1) is 8.80. The number of hydrogen-bond donors (Lipinski definition) is 1. The molecule has 1 aromatic carbocycles. The standard InChI is InChI=1S/C16H20O3/c1-14(2,3)13(17)16-10-9-15(4,18-19-16)11-7-5-6-8-12(11)16/h5-10,13,17H,1-4H3/t13-,15+,16-/m0/s1. The average molecular weight is 260 g/mol. The molecular formula is C16H20O3. The van der Waals surface area contributed by atoms with E-state index in [4.69, 9.17) is 9.78 Å². The summed E-state index contributed by atoms with van der Waals surface area (Å²) >= 11 is 0. The van der Waals surface area contributed by atoms with Crippen molar-refractivity contribution < 1.29 is 14.9 Å². The fourth-order valence-electron chi connectivity index (χ4n) is 2.95. The van der Waals surface area contributed by atoms with E-state index in [1.54, 1.807) is 0 Å². The number of benzene rings is 1. The molecule has 19 heavy (non-hydrogen) atoms. The van der Waals surface area contributed by atoms with Crippen molar-refractivity contribution in [3.63, 3.8) is 0 Å². The quantitative estimate of drug-likeness (QED) is 0.623. The lowest BCUT2D eigenvalue weighted by Crippen LogP contribution is -2.55. The fraction of sp³-hybridized carbons (Fsp3) is 0.500. The van der Waals surface area contributed by atoms with Gasteiger partial charge in [0.05, 0.1) is 6.10 Å². The van der Waals surface area contributed by atoms with Crippen molar-refractivity contribution in [3.8, 4) is 0 Å². The van der Waals surface area contributed by atoms with Crippen LogP contribution in [0.5, 0.6) is 0 Å². The van der Waals surface area contributed by atoms with Crippen molar-refractivity contribution in [2.75, 3.05) is 0 Å². The monoisotopic (exact) mass is 260 g/mol. The third-order valence-corrected chi connectivity index (χ3v) is 4.11. The summed E-state index contributed by atoms with van der Waals surface area (Å²) in [5.74, 6) is 0. The lowest BCUT2D eigenvalue weighted by Gasteiger charge is -2.51. The minimum atomic E-state index is -0.910. The topological polar surface area (TPSA) is 38.7 Å². The van der Waals surface area contributed by atoms with E-state index in [1.807, 2.05) is 64.1 Å². The Labute approximate surface area is 113 Å². The number of hydrogen-bond acceptors (Lipinski definition) is 3. The van der Waals surface area contributed by atoms with E-state index in [0.717, 1.165) is 11.1 Å². The van der Waals surface area contributed by atoms with Gasteiger partial charge in [-0.25, -0.2) is 9.78 Å². The smallest absolute Gasteiger partial charge is 0.173 e. The molecule has 3 nitrogen and oxygen atoms in total. The van der Waals surface area contributed by atoms with Gasteiger partial charge in [-0.2, -0.15) is 0 Å². The highest BCUT2D eigenvalue weighted by molar-refractivity contribution is 5.48. The number of rotatable bonds is 1. The van der Waals surface area contributed by atoms with Crippen molar-refractivity contribution in [2.45, 2.75) is 45.0 Å². The zero-order valence-electron chi connectivity index (χ0n) is 11.8. The minimum absolute atomic E-state index is 0.314.